The van der Waals surface area contributed by atoms with Crippen LogP contribution in [0.2, 0.25) is 0 Å². The van der Waals surface area contributed by atoms with Crippen LogP contribution in [0.15, 0.2) is 76.1 Å². The summed E-state index contributed by atoms with van der Waals surface area (Å²) in [6.07, 6.45) is 5.20. The molecule has 2 aromatic carbocycles. The lowest BCUT2D eigenvalue weighted by atomic mass is 10.1. The standard InChI is InChI=1S/C22H17NO3/c1-2-23-14-16(17-8-4-5-9-19(17)23)11-12-20(24)18-13-15-7-3-6-10-21(15)26-22(18)25/h3-14H,2H2,1H3/b12-11+. The van der Waals surface area contributed by atoms with Crippen molar-refractivity contribution < 1.29 is 9.21 Å². The highest BCUT2D eigenvalue weighted by Crippen LogP contribution is 2.22. The molecule has 0 N–H and O–H groups in total. The molecule has 0 saturated heterocycles. The predicted molar refractivity (Wildman–Crippen MR) is 103 cm³/mol. The van der Waals surface area contributed by atoms with Gasteiger partial charge in [0.2, 0.25) is 0 Å². The molecule has 0 aliphatic heterocycles. The topological polar surface area (TPSA) is 52.2 Å². The molecule has 4 nitrogen and oxygen atoms in total. The van der Waals surface area contributed by atoms with Crippen LogP contribution in [0.25, 0.3) is 27.9 Å². The number of rotatable bonds is 4. The van der Waals surface area contributed by atoms with Crippen molar-refractivity contribution in [3.05, 3.63) is 88.4 Å². The van der Waals surface area contributed by atoms with Crippen LogP contribution in [0.1, 0.15) is 22.8 Å². The van der Waals surface area contributed by atoms with Gasteiger partial charge in [-0.1, -0.05) is 36.4 Å². The Morgan fingerprint density at radius 1 is 1.12 bits per heavy atom. The zero-order valence-electron chi connectivity index (χ0n) is 14.3. The minimum Gasteiger partial charge on any atom is -0.422 e. The highest BCUT2D eigenvalue weighted by molar-refractivity contribution is 6.08. The second-order valence-electron chi connectivity index (χ2n) is 6.07. The van der Waals surface area contributed by atoms with Crippen LogP contribution in [0.5, 0.6) is 0 Å². The SMILES string of the molecule is CCn1cc(/C=C/C(=O)c2cc3ccccc3oc2=O)c2ccccc21. The van der Waals surface area contributed by atoms with Gasteiger partial charge in [0.1, 0.15) is 11.1 Å². The molecule has 2 aromatic heterocycles. The Bertz CT molecular complexity index is 1210. The van der Waals surface area contributed by atoms with Crippen molar-refractivity contribution in [1.82, 2.24) is 4.57 Å². The number of aryl methyl sites for hydroxylation is 1. The predicted octanol–water partition coefficient (Wildman–Crippen LogP) is 4.66. The fraction of sp³-hybridized carbons (Fsp3) is 0.0909. The molecular weight excluding hydrogens is 326 g/mol. The Morgan fingerprint density at radius 3 is 2.73 bits per heavy atom. The van der Waals surface area contributed by atoms with Crippen LogP contribution in [0.4, 0.5) is 0 Å². The van der Waals surface area contributed by atoms with Gasteiger partial charge in [-0.3, -0.25) is 4.79 Å². The summed E-state index contributed by atoms with van der Waals surface area (Å²) >= 11 is 0. The number of nitrogens with zero attached hydrogens (tertiary/aromatic N) is 1. The van der Waals surface area contributed by atoms with Gasteiger partial charge in [0.25, 0.3) is 0 Å². The third kappa shape index (κ3) is 2.75. The van der Waals surface area contributed by atoms with Gasteiger partial charge in [-0.15, -0.1) is 0 Å². The van der Waals surface area contributed by atoms with Gasteiger partial charge < -0.3 is 8.98 Å². The molecule has 0 bridgehead atoms. The van der Waals surface area contributed by atoms with E-state index in [4.69, 9.17) is 4.42 Å². The Morgan fingerprint density at radius 2 is 1.88 bits per heavy atom. The summed E-state index contributed by atoms with van der Waals surface area (Å²) in [5.74, 6) is -0.363. The van der Waals surface area contributed by atoms with Gasteiger partial charge in [0.05, 0.1) is 0 Å². The molecule has 128 valence electrons. The number of carbonyl (C=O) groups is 1. The van der Waals surface area contributed by atoms with E-state index in [-0.39, 0.29) is 11.3 Å². The normalized spacial score (nSPS) is 11.6. The molecule has 0 aliphatic rings. The molecule has 0 radical (unpaired) electrons. The summed E-state index contributed by atoms with van der Waals surface area (Å²) in [4.78, 5) is 24.7. The first-order chi connectivity index (χ1) is 12.7. The molecule has 26 heavy (non-hydrogen) atoms. The summed E-state index contributed by atoms with van der Waals surface area (Å²) < 4.78 is 7.37. The minimum absolute atomic E-state index is 0.0409. The summed E-state index contributed by atoms with van der Waals surface area (Å²) in [6, 6.07) is 16.8. The lowest BCUT2D eigenvalue weighted by Gasteiger charge is -1.98. The van der Waals surface area contributed by atoms with E-state index in [0.717, 1.165) is 28.4 Å². The summed E-state index contributed by atoms with van der Waals surface area (Å²) in [5, 5.41) is 1.80. The quantitative estimate of drug-likeness (QED) is 0.307. The Hall–Kier alpha value is -3.40. The molecular formula is C22H17NO3. The number of hydrogen-bond donors (Lipinski definition) is 0. The molecule has 4 rings (SSSR count). The van der Waals surface area contributed by atoms with E-state index in [1.54, 1.807) is 24.3 Å². The van der Waals surface area contributed by atoms with Crippen molar-refractivity contribution in [2.45, 2.75) is 13.5 Å². The Labute approximate surface area is 150 Å². The minimum atomic E-state index is -0.616. The average Bonchev–Trinajstić information content (AvgIpc) is 3.03. The second kappa shape index (κ2) is 6.48. The number of benzene rings is 2. The first-order valence-corrected chi connectivity index (χ1v) is 8.50. The van der Waals surface area contributed by atoms with Gasteiger partial charge in [0, 0.05) is 34.6 Å². The molecule has 0 atom stereocenters. The van der Waals surface area contributed by atoms with Crippen LogP contribution in [0.3, 0.4) is 0 Å². The fourth-order valence-corrected chi connectivity index (χ4v) is 3.16. The summed E-state index contributed by atoms with van der Waals surface area (Å²) in [6.45, 7) is 2.92. The van der Waals surface area contributed by atoms with Crippen molar-refractivity contribution in [3.8, 4) is 0 Å². The molecule has 0 amide bonds. The third-order valence-electron chi connectivity index (χ3n) is 4.48. The zero-order chi connectivity index (χ0) is 18.1. The monoisotopic (exact) mass is 343 g/mol. The lowest BCUT2D eigenvalue weighted by Crippen LogP contribution is -2.11. The largest absolute Gasteiger partial charge is 0.422 e. The van der Waals surface area contributed by atoms with E-state index >= 15 is 0 Å². The number of para-hydroxylation sites is 2. The average molecular weight is 343 g/mol. The molecule has 2 heterocycles. The van der Waals surface area contributed by atoms with Gasteiger partial charge >= 0.3 is 5.63 Å². The van der Waals surface area contributed by atoms with E-state index in [1.165, 1.54) is 6.08 Å². The van der Waals surface area contributed by atoms with Crippen LogP contribution in [0, 0.1) is 0 Å². The van der Waals surface area contributed by atoms with E-state index in [2.05, 4.69) is 17.6 Å². The highest BCUT2D eigenvalue weighted by Gasteiger charge is 2.12. The van der Waals surface area contributed by atoms with Crippen molar-refractivity contribution in [2.24, 2.45) is 0 Å². The molecule has 4 aromatic rings. The first kappa shape index (κ1) is 16.1. The zero-order valence-corrected chi connectivity index (χ0v) is 14.3. The van der Waals surface area contributed by atoms with Crippen LogP contribution < -0.4 is 5.63 Å². The summed E-state index contributed by atoms with van der Waals surface area (Å²) in [5.41, 5.74) is 1.96. The maximum Gasteiger partial charge on any atom is 0.347 e. The molecule has 0 fully saturated rings. The van der Waals surface area contributed by atoms with Gasteiger partial charge in [0.15, 0.2) is 5.78 Å². The highest BCUT2D eigenvalue weighted by atomic mass is 16.4. The molecule has 4 heteroatoms. The molecule has 0 unspecified atom stereocenters. The van der Waals surface area contributed by atoms with Crippen molar-refractivity contribution >= 4 is 33.7 Å². The van der Waals surface area contributed by atoms with Gasteiger partial charge in [-0.25, -0.2) is 4.79 Å². The van der Waals surface area contributed by atoms with E-state index < -0.39 is 5.63 Å². The number of fused-ring (bicyclic) bond motifs is 2. The van der Waals surface area contributed by atoms with Crippen molar-refractivity contribution in [3.63, 3.8) is 0 Å². The van der Waals surface area contributed by atoms with Crippen molar-refractivity contribution in [2.75, 3.05) is 0 Å². The number of ketones is 1. The maximum absolute atomic E-state index is 12.5. The molecule has 0 spiro atoms. The van der Waals surface area contributed by atoms with Gasteiger partial charge in [-0.2, -0.15) is 0 Å². The van der Waals surface area contributed by atoms with Crippen LogP contribution in [-0.4, -0.2) is 10.4 Å². The Kier molecular flexibility index (Phi) is 4.01. The van der Waals surface area contributed by atoms with E-state index in [1.807, 2.05) is 36.5 Å². The summed E-state index contributed by atoms with van der Waals surface area (Å²) in [7, 11) is 0. The van der Waals surface area contributed by atoms with E-state index in [0.29, 0.717) is 5.58 Å². The van der Waals surface area contributed by atoms with E-state index in [9.17, 15) is 9.59 Å². The number of aromatic nitrogens is 1. The molecule has 0 saturated carbocycles. The lowest BCUT2D eigenvalue weighted by molar-refractivity contribution is 0.104. The second-order valence-corrected chi connectivity index (χ2v) is 6.07. The number of allylic oxidation sites excluding steroid dienone is 1. The maximum atomic E-state index is 12.5. The van der Waals surface area contributed by atoms with Crippen LogP contribution in [-0.2, 0) is 6.54 Å². The number of carbonyl (C=O) groups excluding carboxylic acids is 1. The van der Waals surface area contributed by atoms with Crippen molar-refractivity contribution in [1.29, 1.82) is 0 Å². The fourth-order valence-electron chi connectivity index (χ4n) is 3.16. The number of hydrogen-bond acceptors (Lipinski definition) is 3. The third-order valence-corrected chi connectivity index (χ3v) is 4.48. The molecule has 0 aliphatic carbocycles. The smallest absolute Gasteiger partial charge is 0.347 e. The first-order valence-electron chi connectivity index (χ1n) is 8.50. The van der Waals surface area contributed by atoms with Crippen LogP contribution >= 0.6 is 0 Å². The Balaban J connectivity index is 1.73. The van der Waals surface area contributed by atoms with Gasteiger partial charge in [-0.05, 0) is 37.3 Å².